The largest absolute Gasteiger partial charge is 0.342 e. The Labute approximate surface area is 154 Å². The fourth-order valence-electron chi connectivity index (χ4n) is 3.41. The van der Waals surface area contributed by atoms with Gasteiger partial charge in [-0.3, -0.25) is 9.78 Å². The van der Waals surface area contributed by atoms with E-state index in [1.54, 1.807) is 23.0 Å². The summed E-state index contributed by atoms with van der Waals surface area (Å²) in [5, 5.41) is 4.03. The van der Waals surface area contributed by atoms with E-state index in [0.717, 1.165) is 29.3 Å². The average Bonchev–Trinajstić information content (AvgIpc) is 2.67. The highest BCUT2D eigenvalue weighted by atomic mass is 16.2. The molecule has 0 saturated carbocycles. The third-order valence-electron chi connectivity index (χ3n) is 4.98. The molecule has 1 aliphatic rings. The van der Waals surface area contributed by atoms with Crippen LogP contribution in [0.1, 0.15) is 31.7 Å². The molecule has 1 N–H and O–H groups in total. The molecule has 0 aliphatic carbocycles. The summed E-state index contributed by atoms with van der Waals surface area (Å²) in [6.07, 6.45) is 4.41. The molecule has 1 aromatic carbocycles. The van der Waals surface area contributed by atoms with Crippen LogP contribution in [0.3, 0.4) is 0 Å². The van der Waals surface area contributed by atoms with E-state index in [-0.39, 0.29) is 18.0 Å². The SMILES string of the molecule is CCCC[C@H]1C(=O)N(C)CCN1C(=O)NCc1ccnc2ccccc12. The summed E-state index contributed by atoms with van der Waals surface area (Å²) in [5.74, 6) is 0.0363. The summed E-state index contributed by atoms with van der Waals surface area (Å²) in [6.45, 7) is 3.66. The van der Waals surface area contributed by atoms with E-state index in [1.165, 1.54) is 0 Å². The number of piperazine rings is 1. The van der Waals surface area contributed by atoms with Crippen LogP contribution in [-0.2, 0) is 11.3 Å². The minimum atomic E-state index is -0.358. The number of urea groups is 1. The van der Waals surface area contributed by atoms with Crippen molar-refractivity contribution in [1.29, 1.82) is 0 Å². The van der Waals surface area contributed by atoms with Gasteiger partial charge in [-0.25, -0.2) is 4.79 Å². The van der Waals surface area contributed by atoms with Crippen molar-refractivity contribution in [3.8, 4) is 0 Å². The molecule has 1 saturated heterocycles. The van der Waals surface area contributed by atoms with Gasteiger partial charge in [0.2, 0.25) is 5.91 Å². The van der Waals surface area contributed by atoms with Crippen molar-refractivity contribution in [2.45, 2.75) is 38.8 Å². The van der Waals surface area contributed by atoms with E-state index >= 15 is 0 Å². The summed E-state index contributed by atoms with van der Waals surface area (Å²) in [7, 11) is 1.81. The number of rotatable bonds is 5. The number of para-hydroxylation sites is 1. The zero-order chi connectivity index (χ0) is 18.5. The molecular formula is C20H26N4O2. The molecule has 6 heteroatoms. The van der Waals surface area contributed by atoms with Crippen LogP contribution in [0.15, 0.2) is 36.5 Å². The maximum atomic E-state index is 12.8. The molecule has 6 nitrogen and oxygen atoms in total. The number of nitrogens with zero attached hydrogens (tertiary/aromatic N) is 3. The lowest BCUT2D eigenvalue weighted by atomic mass is 10.0. The third-order valence-corrected chi connectivity index (χ3v) is 4.98. The molecule has 26 heavy (non-hydrogen) atoms. The lowest BCUT2D eigenvalue weighted by Gasteiger charge is -2.39. The van der Waals surface area contributed by atoms with Crippen LogP contribution in [0.5, 0.6) is 0 Å². The first-order valence-electron chi connectivity index (χ1n) is 9.24. The Morgan fingerprint density at radius 2 is 2.08 bits per heavy atom. The van der Waals surface area contributed by atoms with Gasteiger partial charge in [-0.15, -0.1) is 0 Å². The highest BCUT2D eigenvalue weighted by Gasteiger charge is 2.35. The Morgan fingerprint density at radius 1 is 1.27 bits per heavy atom. The number of fused-ring (bicyclic) bond motifs is 1. The predicted molar refractivity (Wildman–Crippen MR) is 102 cm³/mol. The van der Waals surface area contributed by atoms with Gasteiger partial charge >= 0.3 is 6.03 Å². The first-order chi connectivity index (χ1) is 12.6. The smallest absolute Gasteiger partial charge is 0.318 e. The van der Waals surface area contributed by atoms with Gasteiger partial charge < -0.3 is 15.1 Å². The molecule has 138 valence electrons. The van der Waals surface area contributed by atoms with E-state index in [4.69, 9.17) is 0 Å². The Balaban J connectivity index is 1.70. The van der Waals surface area contributed by atoms with E-state index < -0.39 is 0 Å². The monoisotopic (exact) mass is 354 g/mol. The molecule has 0 unspecified atom stereocenters. The van der Waals surface area contributed by atoms with E-state index in [2.05, 4.69) is 17.2 Å². The van der Waals surface area contributed by atoms with Crippen molar-refractivity contribution < 1.29 is 9.59 Å². The first kappa shape index (κ1) is 18.2. The highest BCUT2D eigenvalue weighted by Crippen LogP contribution is 2.18. The van der Waals surface area contributed by atoms with Crippen molar-refractivity contribution in [3.05, 3.63) is 42.1 Å². The average molecular weight is 354 g/mol. The molecule has 3 rings (SSSR count). The number of carbonyl (C=O) groups is 2. The van der Waals surface area contributed by atoms with Gasteiger partial charge in [0.25, 0.3) is 0 Å². The van der Waals surface area contributed by atoms with Crippen LogP contribution in [0.2, 0.25) is 0 Å². The maximum Gasteiger partial charge on any atom is 0.318 e. The molecule has 3 amide bonds. The summed E-state index contributed by atoms with van der Waals surface area (Å²) in [6, 6.07) is 9.28. The Bertz CT molecular complexity index is 787. The van der Waals surface area contributed by atoms with E-state index in [0.29, 0.717) is 26.1 Å². The Hall–Kier alpha value is -2.63. The third kappa shape index (κ3) is 3.79. The second-order valence-corrected chi connectivity index (χ2v) is 6.76. The first-order valence-corrected chi connectivity index (χ1v) is 9.24. The van der Waals surface area contributed by atoms with Crippen molar-refractivity contribution in [3.63, 3.8) is 0 Å². The quantitative estimate of drug-likeness (QED) is 0.898. The molecule has 0 radical (unpaired) electrons. The van der Waals surface area contributed by atoms with Crippen LogP contribution in [-0.4, -0.2) is 52.9 Å². The molecule has 2 aromatic rings. The van der Waals surface area contributed by atoms with Crippen LogP contribution >= 0.6 is 0 Å². The molecule has 1 fully saturated rings. The molecular weight excluding hydrogens is 328 g/mol. The molecule has 0 bridgehead atoms. The molecule has 1 atom stereocenters. The van der Waals surface area contributed by atoms with E-state index in [9.17, 15) is 9.59 Å². The molecule has 2 heterocycles. The number of aromatic nitrogens is 1. The second kappa shape index (κ2) is 8.17. The van der Waals surface area contributed by atoms with Crippen LogP contribution in [0.25, 0.3) is 10.9 Å². The zero-order valence-corrected chi connectivity index (χ0v) is 15.4. The maximum absolute atomic E-state index is 12.8. The van der Waals surface area contributed by atoms with Gasteiger partial charge in [0.15, 0.2) is 0 Å². The standard InChI is InChI=1S/C20H26N4O2/c1-3-4-9-18-19(25)23(2)12-13-24(18)20(26)22-14-15-10-11-21-17-8-6-5-7-16(15)17/h5-8,10-11,18H,3-4,9,12-14H2,1-2H3,(H,22,26)/t18-/m0/s1. The fraction of sp³-hybridized carbons (Fsp3) is 0.450. The summed E-state index contributed by atoms with van der Waals surface area (Å²) in [4.78, 5) is 33.0. The normalized spacial score (nSPS) is 17.6. The van der Waals surface area contributed by atoms with Crippen molar-refractivity contribution in [2.75, 3.05) is 20.1 Å². The van der Waals surface area contributed by atoms with Crippen molar-refractivity contribution in [1.82, 2.24) is 20.1 Å². The van der Waals surface area contributed by atoms with Gasteiger partial charge in [-0.1, -0.05) is 38.0 Å². The van der Waals surface area contributed by atoms with Crippen LogP contribution < -0.4 is 5.32 Å². The molecule has 1 aromatic heterocycles. The summed E-state index contributed by atoms with van der Waals surface area (Å²) >= 11 is 0. The predicted octanol–water partition coefficient (Wildman–Crippen LogP) is 2.78. The van der Waals surface area contributed by atoms with Crippen molar-refractivity contribution in [2.24, 2.45) is 0 Å². The lowest BCUT2D eigenvalue weighted by Crippen LogP contribution is -2.59. The number of likely N-dealkylation sites (N-methyl/N-ethyl adjacent to an activating group) is 1. The number of nitrogens with one attached hydrogen (secondary N) is 1. The number of carbonyl (C=O) groups excluding carboxylic acids is 2. The summed E-state index contributed by atoms with van der Waals surface area (Å²) < 4.78 is 0. The summed E-state index contributed by atoms with van der Waals surface area (Å²) in [5.41, 5.74) is 1.93. The Morgan fingerprint density at radius 3 is 2.88 bits per heavy atom. The van der Waals surface area contributed by atoms with E-state index in [1.807, 2.05) is 30.3 Å². The number of unbranched alkanes of at least 4 members (excludes halogenated alkanes) is 1. The van der Waals surface area contributed by atoms with Gasteiger partial charge in [-0.2, -0.15) is 0 Å². The lowest BCUT2D eigenvalue weighted by molar-refractivity contribution is -0.138. The van der Waals surface area contributed by atoms with Gasteiger partial charge in [0.05, 0.1) is 5.52 Å². The van der Waals surface area contributed by atoms with Gasteiger partial charge in [0, 0.05) is 38.3 Å². The number of hydrogen-bond acceptors (Lipinski definition) is 3. The van der Waals surface area contributed by atoms with Crippen molar-refractivity contribution >= 4 is 22.8 Å². The number of amides is 3. The van der Waals surface area contributed by atoms with Crippen LogP contribution in [0.4, 0.5) is 4.79 Å². The molecule has 1 aliphatic heterocycles. The van der Waals surface area contributed by atoms with Crippen LogP contribution in [0, 0.1) is 0 Å². The van der Waals surface area contributed by atoms with Gasteiger partial charge in [-0.05, 0) is 24.1 Å². The zero-order valence-electron chi connectivity index (χ0n) is 15.4. The fourth-order valence-corrected chi connectivity index (χ4v) is 3.41. The minimum absolute atomic E-state index is 0.0363. The highest BCUT2D eigenvalue weighted by molar-refractivity contribution is 5.88. The Kier molecular flexibility index (Phi) is 5.71. The number of benzene rings is 1. The van der Waals surface area contributed by atoms with Gasteiger partial charge in [0.1, 0.15) is 6.04 Å². The molecule has 0 spiro atoms. The second-order valence-electron chi connectivity index (χ2n) is 6.76. The minimum Gasteiger partial charge on any atom is -0.342 e. The number of hydrogen-bond donors (Lipinski definition) is 1. The topological polar surface area (TPSA) is 65.5 Å². The number of pyridine rings is 1.